The number of aryl methyl sites for hydroxylation is 1. The van der Waals surface area contributed by atoms with Gasteiger partial charge in [0, 0.05) is 18.3 Å². The van der Waals surface area contributed by atoms with E-state index in [0.717, 1.165) is 5.56 Å². The molecule has 3 rings (SSSR count). The van der Waals surface area contributed by atoms with Gasteiger partial charge >= 0.3 is 5.97 Å². The minimum Gasteiger partial charge on any atom is -0.468 e. The molecule has 1 fully saturated rings. The molecule has 2 heterocycles. The third-order valence-electron chi connectivity index (χ3n) is 4.19. The summed E-state index contributed by atoms with van der Waals surface area (Å²) in [6.07, 6.45) is 2.67. The second-order valence-electron chi connectivity index (χ2n) is 5.77. The standard InChI is InChI=1S/C16H19N3O4S/c1-11-5-6-15(12(10-11)13-7-8-17-18-13)24(21,22)19-9-3-4-14(19)16(20)23-2/h5-8,10,14H,3-4,9H2,1-2H3,(H,17,18)/t14-/m0/s1. The summed E-state index contributed by atoms with van der Waals surface area (Å²) in [4.78, 5) is 12.1. The van der Waals surface area contributed by atoms with Crippen molar-refractivity contribution in [2.75, 3.05) is 13.7 Å². The molecule has 24 heavy (non-hydrogen) atoms. The summed E-state index contributed by atoms with van der Waals surface area (Å²) < 4.78 is 32.3. The SMILES string of the molecule is COC(=O)[C@@H]1CCCN1S(=O)(=O)c1ccc(C)cc1-c1ccn[nH]1. The first-order valence-electron chi connectivity index (χ1n) is 7.65. The van der Waals surface area contributed by atoms with Crippen molar-refractivity contribution >= 4 is 16.0 Å². The highest BCUT2D eigenvalue weighted by atomic mass is 32.2. The number of sulfonamides is 1. The van der Waals surface area contributed by atoms with E-state index in [1.165, 1.54) is 11.4 Å². The van der Waals surface area contributed by atoms with Gasteiger partial charge in [0.15, 0.2) is 0 Å². The number of methoxy groups -OCH3 is 1. The Balaban J connectivity index is 2.09. The highest BCUT2D eigenvalue weighted by Gasteiger charge is 2.41. The molecule has 0 spiro atoms. The van der Waals surface area contributed by atoms with E-state index in [2.05, 4.69) is 10.2 Å². The van der Waals surface area contributed by atoms with Gasteiger partial charge in [0.25, 0.3) is 0 Å². The van der Waals surface area contributed by atoms with Crippen LogP contribution in [0.2, 0.25) is 0 Å². The van der Waals surface area contributed by atoms with Gasteiger partial charge < -0.3 is 4.74 Å². The lowest BCUT2D eigenvalue weighted by Crippen LogP contribution is -2.41. The van der Waals surface area contributed by atoms with Crippen LogP contribution >= 0.6 is 0 Å². The summed E-state index contributed by atoms with van der Waals surface area (Å²) in [6.45, 7) is 2.20. The zero-order valence-electron chi connectivity index (χ0n) is 13.5. The number of carbonyl (C=O) groups is 1. The van der Waals surface area contributed by atoms with E-state index >= 15 is 0 Å². The Morgan fingerprint density at radius 2 is 2.17 bits per heavy atom. The third-order valence-corrected chi connectivity index (χ3v) is 6.16. The summed E-state index contributed by atoms with van der Waals surface area (Å²) in [5.74, 6) is -0.522. The van der Waals surface area contributed by atoms with Crippen molar-refractivity contribution in [3.8, 4) is 11.3 Å². The predicted molar refractivity (Wildman–Crippen MR) is 87.7 cm³/mol. The van der Waals surface area contributed by atoms with Crippen LogP contribution < -0.4 is 0 Å². The van der Waals surface area contributed by atoms with Gasteiger partial charge in [0.05, 0.1) is 17.7 Å². The fourth-order valence-corrected chi connectivity index (χ4v) is 4.85. The van der Waals surface area contributed by atoms with Gasteiger partial charge in [-0.25, -0.2) is 8.42 Å². The molecule has 128 valence electrons. The number of aromatic amines is 1. The van der Waals surface area contributed by atoms with Gasteiger partial charge in [0.2, 0.25) is 10.0 Å². The van der Waals surface area contributed by atoms with Crippen molar-refractivity contribution in [2.45, 2.75) is 30.7 Å². The molecule has 7 nitrogen and oxygen atoms in total. The predicted octanol–water partition coefficient (Wildman–Crippen LogP) is 1.71. The Hall–Kier alpha value is -2.19. The second-order valence-corrected chi connectivity index (χ2v) is 7.63. The Kier molecular flexibility index (Phi) is 4.42. The minimum atomic E-state index is -3.83. The van der Waals surface area contributed by atoms with Crippen molar-refractivity contribution in [2.24, 2.45) is 0 Å². The maximum absolute atomic E-state index is 13.2. The third kappa shape index (κ3) is 2.83. The van der Waals surface area contributed by atoms with Crippen LogP contribution in [0.15, 0.2) is 35.4 Å². The first-order chi connectivity index (χ1) is 11.4. The van der Waals surface area contributed by atoms with E-state index in [9.17, 15) is 13.2 Å². The summed E-state index contributed by atoms with van der Waals surface area (Å²) in [6, 6.07) is 6.07. The second kappa shape index (κ2) is 6.37. The molecule has 1 saturated heterocycles. The maximum Gasteiger partial charge on any atom is 0.324 e. The van der Waals surface area contributed by atoms with Gasteiger partial charge in [-0.05, 0) is 38.0 Å². The minimum absolute atomic E-state index is 0.160. The number of benzene rings is 1. The molecule has 0 aliphatic carbocycles. The average molecular weight is 349 g/mol. The van der Waals surface area contributed by atoms with Crippen LogP contribution in [0.3, 0.4) is 0 Å². The molecule has 2 aromatic rings. The number of nitrogens with zero attached hydrogens (tertiary/aromatic N) is 2. The Labute approximate surface area is 140 Å². The topological polar surface area (TPSA) is 92.4 Å². The molecule has 1 aliphatic heterocycles. The van der Waals surface area contributed by atoms with Crippen molar-refractivity contribution < 1.29 is 17.9 Å². The lowest BCUT2D eigenvalue weighted by molar-refractivity contribution is -0.144. The number of carbonyl (C=O) groups excluding carboxylic acids is 1. The number of aromatic nitrogens is 2. The van der Waals surface area contributed by atoms with E-state index in [1.807, 2.05) is 6.92 Å². The highest BCUT2D eigenvalue weighted by Crippen LogP contribution is 2.33. The Morgan fingerprint density at radius 1 is 1.38 bits per heavy atom. The van der Waals surface area contributed by atoms with Crippen LogP contribution in [0.25, 0.3) is 11.3 Å². The molecule has 0 saturated carbocycles. The van der Waals surface area contributed by atoms with Crippen molar-refractivity contribution in [1.29, 1.82) is 0 Å². The van der Waals surface area contributed by atoms with Gasteiger partial charge in [-0.3, -0.25) is 9.89 Å². The Morgan fingerprint density at radius 3 is 2.83 bits per heavy atom. The molecule has 1 N–H and O–H groups in total. The monoisotopic (exact) mass is 349 g/mol. The number of ether oxygens (including phenoxy) is 1. The lowest BCUT2D eigenvalue weighted by atomic mass is 10.1. The number of rotatable bonds is 4. The molecule has 0 unspecified atom stereocenters. The first kappa shape index (κ1) is 16.7. The summed E-state index contributed by atoms with van der Waals surface area (Å²) in [5.41, 5.74) is 2.10. The van der Waals surface area contributed by atoms with Crippen LogP contribution in [0, 0.1) is 6.92 Å². The average Bonchev–Trinajstić information content (AvgIpc) is 3.25. The van der Waals surface area contributed by atoms with Crippen molar-refractivity contribution in [3.63, 3.8) is 0 Å². The van der Waals surface area contributed by atoms with Gasteiger partial charge in [0.1, 0.15) is 6.04 Å². The number of H-pyrrole nitrogens is 1. The smallest absolute Gasteiger partial charge is 0.324 e. The van der Waals surface area contributed by atoms with Crippen LogP contribution in [-0.4, -0.2) is 48.6 Å². The van der Waals surface area contributed by atoms with E-state index in [-0.39, 0.29) is 4.90 Å². The molecule has 1 aromatic heterocycles. The summed E-state index contributed by atoms with van der Waals surface area (Å²) in [5, 5.41) is 6.70. The number of nitrogens with one attached hydrogen (secondary N) is 1. The van der Waals surface area contributed by atoms with E-state index < -0.39 is 22.0 Å². The molecule has 0 amide bonds. The molecule has 8 heteroatoms. The molecule has 1 aromatic carbocycles. The van der Waals surface area contributed by atoms with E-state index in [0.29, 0.717) is 30.6 Å². The fraction of sp³-hybridized carbons (Fsp3) is 0.375. The van der Waals surface area contributed by atoms with E-state index in [1.54, 1.807) is 30.5 Å². The van der Waals surface area contributed by atoms with Gasteiger partial charge in [-0.2, -0.15) is 9.40 Å². The zero-order valence-corrected chi connectivity index (χ0v) is 14.3. The normalized spacial score (nSPS) is 18.7. The molecule has 1 atom stereocenters. The van der Waals surface area contributed by atoms with Gasteiger partial charge in [-0.1, -0.05) is 11.6 Å². The molecule has 1 aliphatic rings. The number of esters is 1. The first-order valence-corrected chi connectivity index (χ1v) is 9.09. The number of hydrogen-bond donors (Lipinski definition) is 1. The summed E-state index contributed by atoms with van der Waals surface area (Å²) >= 11 is 0. The highest BCUT2D eigenvalue weighted by molar-refractivity contribution is 7.89. The largest absolute Gasteiger partial charge is 0.468 e. The zero-order chi connectivity index (χ0) is 17.3. The molecule has 0 bridgehead atoms. The van der Waals surface area contributed by atoms with Crippen LogP contribution in [-0.2, 0) is 19.6 Å². The number of hydrogen-bond acceptors (Lipinski definition) is 5. The van der Waals surface area contributed by atoms with Crippen LogP contribution in [0.4, 0.5) is 0 Å². The van der Waals surface area contributed by atoms with Crippen molar-refractivity contribution in [1.82, 2.24) is 14.5 Å². The van der Waals surface area contributed by atoms with Crippen LogP contribution in [0.1, 0.15) is 18.4 Å². The molecular weight excluding hydrogens is 330 g/mol. The fourth-order valence-electron chi connectivity index (χ4n) is 3.01. The molecule has 0 radical (unpaired) electrons. The van der Waals surface area contributed by atoms with Crippen LogP contribution in [0.5, 0.6) is 0 Å². The summed E-state index contributed by atoms with van der Waals surface area (Å²) in [7, 11) is -2.56. The van der Waals surface area contributed by atoms with Crippen molar-refractivity contribution in [3.05, 3.63) is 36.0 Å². The Bertz CT molecular complexity index is 846. The van der Waals surface area contributed by atoms with Gasteiger partial charge in [-0.15, -0.1) is 0 Å². The molecular formula is C16H19N3O4S. The quantitative estimate of drug-likeness (QED) is 0.848. The van der Waals surface area contributed by atoms with E-state index in [4.69, 9.17) is 4.74 Å². The maximum atomic E-state index is 13.2. The lowest BCUT2D eigenvalue weighted by Gasteiger charge is -2.23.